The number of aromatic amines is 1. The van der Waals surface area contributed by atoms with Crippen LogP contribution in [-0.4, -0.2) is 15.4 Å². The smallest absolute Gasteiger partial charge is 0.0855 e. The first-order valence-corrected chi connectivity index (χ1v) is 5.83. The van der Waals surface area contributed by atoms with E-state index in [-0.39, 0.29) is 0 Å². The molecule has 1 aromatic heterocycles. The minimum absolute atomic E-state index is 0.659. The Hall–Kier alpha value is -0.860. The van der Waals surface area contributed by atoms with Crippen LogP contribution in [0.25, 0.3) is 0 Å². The largest absolute Gasteiger partial charge is 0.265 e. The molecule has 1 aliphatic rings. The van der Waals surface area contributed by atoms with Gasteiger partial charge in [0.25, 0.3) is 0 Å². The predicted octanol–water partition coefficient (Wildman–Crippen LogP) is 3.02. The summed E-state index contributed by atoms with van der Waals surface area (Å²) in [6.45, 7) is 0. The Morgan fingerprint density at radius 1 is 1.00 bits per heavy atom. The summed E-state index contributed by atoms with van der Waals surface area (Å²) < 4.78 is 0. The highest BCUT2D eigenvalue weighted by Gasteiger charge is 2.14. The molecule has 3 nitrogen and oxygen atoms in total. The second-order valence-corrected chi connectivity index (χ2v) is 4.29. The van der Waals surface area contributed by atoms with Crippen LogP contribution in [0.15, 0.2) is 6.20 Å². The molecule has 14 heavy (non-hydrogen) atoms. The van der Waals surface area contributed by atoms with Crippen molar-refractivity contribution in [2.75, 3.05) is 0 Å². The highest BCUT2D eigenvalue weighted by molar-refractivity contribution is 5.00. The number of nitrogens with one attached hydrogen (secondary N) is 1. The van der Waals surface area contributed by atoms with Gasteiger partial charge in [0, 0.05) is 12.1 Å². The molecule has 0 amide bonds. The Labute approximate surface area is 85.3 Å². The first-order valence-electron chi connectivity index (χ1n) is 5.83. The molecule has 2 rings (SSSR count). The Bertz CT molecular complexity index is 233. The third-order valence-corrected chi connectivity index (χ3v) is 3.21. The summed E-state index contributed by atoms with van der Waals surface area (Å²) >= 11 is 0. The van der Waals surface area contributed by atoms with Crippen molar-refractivity contribution < 1.29 is 0 Å². The molecule has 0 saturated heterocycles. The fraction of sp³-hybridized carbons (Fsp3) is 0.818. The molecule has 0 unspecified atom stereocenters. The van der Waals surface area contributed by atoms with Crippen molar-refractivity contribution in [1.29, 1.82) is 0 Å². The lowest BCUT2D eigenvalue weighted by Crippen LogP contribution is -1.99. The summed E-state index contributed by atoms with van der Waals surface area (Å²) in [6.07, 6.45) is 12.9. The average Bonchev–Trinajstić information content (AvgIpc) is 2.75. The first kappa shape index (κ1) is 9.69. The maximum absolute atomic E-state index is 4.14. The second kappa shape index (κ2) is 5.13. The lowest BCUT2D eigenvalue weighted by atomic mass is 9.94. The van der Waals surface area contributed by atoms with Crippen molar-refractivity contribution in [1.82, 2.24) is 15.4 Å². The summed E-state index contributed by atoms with van der Waals surface area (Å²) in [4.78, 5) is 0. The van der Waals surface area contributed by atoms with Gasteiger partial charge < -0.3 is 0 Å². The highest BCUT2D eigenvalue weighted by atomic mass is 15.3. The van der Waals surface area contributed by atoms with Gasteiger partial charge in [-0.25, -0.2) is 0 Å². The van der Waals surface area contributed by atoms with Crippen LogP contribution < -0.4 is 0 Å². The van der Waals surface area contributed by atoms with Gasteiger partial charge in [0.15, 0.2) is 0 Å². The lowest BCUT2D eigenvalue weighted by molar-refractivity contribution is 0.527. The van der Waals surface area contributed by atoms with E-state index in [1.54, 1.807) is 0 Å². The molecule has 1 N–H and O–H groups in total. The summed E-state index contributed by atoms with van der Waals surface area (Å²) in [5.74, 6) is 0.659. The van der Waals surface area contributed by atoms with Gasteiger partial charge in [-0.05, 0) is 12.8 Å². The summed E-state index contributed by atoms with van der Waals surface area (Å²) in [6, 6.07) is 0. The molecule has 0 aliphatic heterocycles. The van der Waals surface area contributed by atoms with Crippen LogP contribution in [0.5, 0.6) is 0 Å². The van der Waals surface area contributed by atoms with Crippen molar-refractivity contribution in [3.05, 3.63) is 11.9 Å². The van der Waals surface area contributed by atoms with Crippen LogP contribution in [0, 0.1) is 0 Å². The summed E-state index contributed by atoms with van der Waals surface area (Å²) in [5.41, 5.74) is 1.17. The van der Waals surface area contributed by atoms with Crippen LogP contribution in [0.1, 0.15) is 63.0 Å². The van der Waals surface area contributed by atoms with Crippen LogP contribution in [0.3, 0.4) is 0 Å². The molecule has 0 radical (unpaired) electrons. The van der Waals surface area contributed by atoms with Gasteiger partial charge in [-0.3, -0.25) is 5.10 Å². The SMILES string of the molecule is c1[nH]nnc1C1CCCCCCCC1. The number of rotatable bonds is 1. The standard InChI is InChI=1S/C11H19N3/c1-2-4-6-8-10(7-5-3-1)11-9-12-14-13-11/h9-10H,1-8H2,(H,12,13,14). The van der Waals surface area contributed by atoms with Gasteiger partial charge >= 0.3 is 0 Å². The Morgan fingerprint density at radius 3 is 2.21 bits per heavy atom. The van der Waals surface area contributed by atoms with E-state index in [9.17, 15) is 0 Å². The number of hydrogen-bond acceptors (Lipinski definition) is 2. The quantitative estimate of drug-likeness (QED) is 0.744. The van der Waals surface area contributed by atoms with Gasteiger partial charge in [-0.15, -0.1) is 5.10 Å². The summed E-state index contributed by atoms with van der Waals surface area (Å²) in [7, 11) is 0. The number of hydrogen-bond donors (Lipinski definition) is 1. The van der Waals surface area contributed by atoms with Crippen LogP contribution in [-0.2, 0) is 0 Å². The molecule has 78 valence electrons. The number of nitrogens with zero attached hydrogens (tertiary/aromatic N) is 2. The number of H-pyrrole nitrogens is 1. The zero-order chi connectivity index (χ0) is 9.64. The molecule has 0 bridgehead atoms. The highest BCUT2D eigenvalue weighted by Crippen LogP contribution is 2.28. The monoisotopic (exact) mass is 193 g/mol. The van der Waals surface area contributed by atoms with Crippen LogP contribution in [0.2, 0.25) is 0 Å². The fourth-order valence-corrected chi connectivity index (χ4v) is 2.34. The van der Waals surface area contributed by atoms with Crippen LogP contribution in [0.4, 0.5) is 0 Å². The van der Waals surface area contributed by atoms with E-state index >= 15 is 0 Å². The topological polar surface area (TPSA) is 41.6 Å². The molecule has 1 aliphatic carbocycles. The van der Waals surface area contributed by atoms with E-state index in [1.165, 1.54) is 57.1 Å². The van der Waals surface area contributed by atoms with E-state index < -0.39 is 0 Å². The Balaban J connectivity index is 1.94. The van der Waals surface area contributed by atoms with E-state index in [4.69, 9.17) is 0 Å². The fourth-order valence-electron chi connectivity index (χ4n) is 2.34. The van der Waals surface area contributed by atoms with Gasteiger partial charge in [-0.1, -0.05) is 43.7 Å². The zero-order valence-electron chi connectivity index (χ0n) is 8.71. The third-order valence-electron chi connectivity index (χ3n) is 3.21. The average molecular weight is 193 g/mol. The second-order valence-electron chi connectivity index (χ2n) is 4.29. The van der Waals surface area contributed by atoms with Gasteiger partial charge in [-0.2, -0.15) is 0 Å². The van der Waals surface area contributed by atoms with Crippen molar-refractivity contribution >= 4 is 0 Å². The van der Waals surface area contributed by atoms with Gasteiger partial charge in [0.05, 0.1) is 5.69 Å². The number of aromatic nitrogens is 3. The molecule has 1 fully saturated rings. The van der Waals surface area contributed by atoms with Crippen LogP contribution >= 0.6 is 0 Å². The Kier molecular flexibility index (Phi) is 3.55. The maximum Gasteiger partial charge on any atom is 0.0855 e. The van der Waals surface area contributed by atoms with E-state index in [0.29, 0.717) is 5.92 Å². The molecule has 1 heterocycles. The molecule has 3 heteroatoms. The molecule has 1 aromatic rings. The first-order chi connectivity index (χ1) is 6.97. The maximum atomic E-state index is 4.14. The molecular formula is C11H19N3. The lowest BCUT2D eigenvalue weighted by Gasteiger charge is -2.11. The molecule has 1 saturated carbocycles. The van der Waals surface area contributed by atoms with Gasteiger partial charge in [0.2, 0.25) is 0 Å². The Morgan fingerprint density at radius 2 is 1.64 bits per heavy atom. The third kappa shape index (κ3) is 2.56. The van der Waals surface area contributed by atoms with Crippen molar-refractivity contribution in [2.45, 2.75) is 57.3 Å². The van der Waals surface area contributed by atoms with Crippen molar-refractivity contribution in [2.24, 2.45) is 0 Å². The van der Waals surface area contributed by atoms with E-state index in [2.05, 4.69) is 15.4 Å². The minimum Gasteiger partial charge on any atom is -0.265 e. The molecular weight excluding hydrogens is 174 g/mol. The van der Waals surface area contributed by atoms with E-state index in [1.807, 2.05) is 6.20 Å². The zero-order valence-corrected chi connectivity index (χ0v) is 8.71. The molecule has 0 aromatic carbocycles. The van der Waals surface area contributed by atoms with E-state index in [0.717, 1.165) is 0 Å². The predicted molar refractivity (Wildman–Crippen MR) is 56.1 cm³/mol. The van der Waals surface area contributed by atoms with Crippen molar-refractivity contribution in [3.63, 3.8) is 0 Å². The summed E-state index contributed by atoms with van der Waals surface area (Å²) in [5, 5.41) is 10.8. The van der Waals surface area contributed by atoms with Gasteiger partial charge in [0.1, 0.15) is 0 Å². The minimum atomic E-state index is 0.659. The van der Waals surface area contributed by atoms with Crippen molar-refractivity contribution in [3.8, 4) is 0 Å². The molecule has 0 spiro atoms. The molecule has 0 atom stereocenters. The normalized spacial score (nSPS) is 21.1.